The van der Waals surface area contributed by atoms with E-state index in [-0.39, 0.29) is 28.2 Å². The van der Waals surface area contributed by atoms with Crippen LogP contribution in [0.5, 0.6) is 5.75 Å². The number of hydrogen-bond donors (Lipinski definition) is 4. The van der Waals surface area contributed by atoms with Crippen molar-refractivity contribution in [2.75, 3.05) is 32.7 Å². The van der Waals surface area contributed by atoms with Crippen molar-refractivity contribution in [1.82, 2.24) is 10.3 Å². The number of aromatic amines is 1. The third kappa shape index (κ3) is 6.69. The molecule has 4 rings (SSSR count). The molecule has 0 aliphatic heterocycles. The van der Waals surface area contributed by atoms with Crippen molar-refractivity contribution >= 4 is 40.0 Å². The van der Waals surface area contributed by atoms with Gasteiger partial charge in [-0.05, 0) is 66.2 Å². The maximum Gasteiger partial charge on any atom is 0.261 e. The lowest BCUT2D eigenvalue weighted by Gasteiger charge is -2.19. The van der Waals surface area contributed by atoms with E-state index in [2.05, 4.69) is 15.6 Å². The Morgan fingerprint density at radius 2 is 1.80 bits per heavy atom. The number of carbonyl (C=O) groups excluding carboxylic acids is 2. The largest absolute Gasteiger partial charge is 0.496 e. The molecule has 0 aliphatic rings. The molecule has 5 N–H and O–H groups in total. The van der Waals surface area contributed by atoms with Gasteiger partial charge in [0.15, 0.2) is 0 Å². The number of hydrogen-bond acceptors (Lipinski definition) is 6. The van der Waals surface area contributed by atoms with Gasteiger partial charge in [-0.3, -0.25) is 14.4 Å². The summed E-state index contributed by atoms with van der Waals surface area (Å²) in [6, 6.07) is 18.9. The SMILES string of the molecule is COCCc1cc2cc(C(=O)Nc3cc(C(=O)N[C@H](CCN)c4ccccc4)ccc3Cl)c(=O)[nH]c2cc1OC. The molecular weight excluding hydrogens is 532 g/mol. The number of nitrogens with one attached hydrogen (secondary N) is 3. The zero-order valence-electron chi connectivity index (χ0n) is 22.3. The van der Waals surface area contributed by atoms with Crippen LogP contribution in [0.2, 0.25) is 5.02 Å². The average molecular weight is 563 g/mol. The molecule has 3 aromatic carbocycles. The molecule has 4 aromatic rings. The lowest BCUT2D eigenvalue weighted by Crippen LogP contribution is -2.30. The Bertz CT molecular complexity index is 1570. The molecule has 0 aliphatic carbocycles. The number of fused-ring (bicyclic) bond motifs is 1. The van der Waals surface area contributed by atoms with E-state index < -0.39 is 11.5 Å². The first-order valence-electron chi connectivity index (χ1n) is 12.7. The van der Waals surface area contributed by atoms with E-state index in [0.29, 0.717) is 48.2 Å². The Morgan fingerprint density at radius 3 is 2.50 bits per heavy atom. The summed E-state index contributed by atoms with van der Waals surface area (Å²) in [6.07, 6.45) is 1.15. The van der Waals surface area contributed by atoms with Crippen LogP contribution >= 0.6 is 11.6 Å². The quantitative estimate of drug-likeness (QED) is 0.213. The summed E-state index contributed by atoms with van der Waals surface area (Å²) in [5.74, 6) is -0.405. The molecule has 0 radical (unpaired) electrons. The third-order valence-electron chi connectivity index (χ3n) is 6.50. The van der Waals surface area contributed by atoms with Crippen molar-refractivity contribution in [3.05, 3.63) is 104 Å². The van der Waals surface area contributed by atoms with Crippen LogP contribution < -0.4 is 26.7 Å². The smallest absolute Gasteiger partial charge is 0.261 e. The number of anilines is 1. The van der Waals surface area contributed by atoms with Crippen LogP contribution in [-0.2, 0) is 11.2 Å². The number of carbonyl (C=O) groups is 2. The van der Waals surface area contributed by atoms with Gasteiger partial charge in [0.05, 0.1) is 36.0 Å². The van der Waals surface area contributed by atoms with Crippen LogP contribution in [0.15, 0.2) is 71.5 Å². The van der Waals surface area contributed by atoms with Gasteiger partial charge in [0, 0.05) is 18.7 Å². The van der Waals surface area contributed by atoms with Gasteiger partial charge in [0.25, 0.3) is 17.4 Å². The highest BCUT2D eigenvalue weighted by atomic mass is 35.5. The Morgan fingerprint density at radius 1 is 1.02 bits per heavy atom. The van der Waals surface area contributed by atoms with Crippen molar-refractivity contribution in [3.8, 4) is 5.75 Å². The molecule has 2 amide bonds. The van der Waals surface area contributed by atoms with Gasteiger partial charge in [-0.1, -0.05) is 41.9 Å². The zero-order valence-corrected chi connectivity index (χ0v) is 23.0. The Balaban J connectivity index is 1.58. The van der Waals surface area contributed by atoms with E-state index in [0.717, 1.165) is 11.1 Å². The van der Waals surface area contributed by atoms with Gasteiger partial charge in [0.2, 0.25) is 0 Å². The number of pyridine rings is 1. The molecule has 0 unspecified atom stereocenters. The summed E-state index contributed by atoms with van der Waals surface area (Å²) in [6.45, 7) is 0.877. The molecule has 0 fully saturated rings. The summed E-state index contributed by atoms with van der Waals surface area (Å²) in [5, 5.41) is 6.54. The standard InChI is InChI=1S/C30H31ClN4O5/c1-39-13-11-19-14-21-15-22(29(37)34-25(21)17-27(19)40-2)30(38)35-26-16-20(8-9-23(26)31)28(36)33-24(10-12-32)18-6-4-3-5-7-18/h3-9,14-17,24H,10-13,32H2,1-2H3,(H,33,36)(H,34,37)(H,35,38)/t24-/m1/s1. The molecule has 0 spiro atoms. The van der Waals surface area contributed by atoms with Crippen LogP contribution in [0, 0.1) is 0 Å². The topological polar surface area (TPSA) is 136 Å². The molecule has 0 saturated carbocycles. The summed E-state index contributed by atoms with van der Waals surface area (Å²) in [7, 11) is 3.16. The van der Waals surface area contributed by atoms with Crippen LogP contribution in [0.4, 0.5) is 5.69 Å². The van der Waals surface area contributed by atoms with Crippen molar-refractivity contribution < 1.29 is 19.1 Å². The third-order valence-corrected chi connectivity index (χ3v) is 6.83. The first kappa shape index (κ1) is 28.8. The minimum Gasteiger partial charge on any atom is -0.496 e. The molecule has 0 bridgehead atoms. The van der Waals surface area contributed by atoms with Crippen LogP contribution in [0.1, 0.15) is 44.3 Å². The van der Waals surface area contributed by atoms with E-state index in [1.807, 2.05) is 36.4 Å². The minimum absolute atomic E-state index is 0.103. The number of halogens is 1. The van der Waals surface area contributed by atoms with E-state index >= 15 is 0 Å². The normalized spacial score (nSPS) is 11.7. The number of ether oxygens (including phenoxy) is 2. The lowest BCUT2D eigenvalue weighted by atomic mass is 10.0. The highest BCUT2D eigenvalue weighted by Gasteiger charge is 2.19. The summed E-state index contributed by atoms with van der Waals surface area (Å²) in [4.78, 5) is 41.8. The number of benzene rings is 3. The predicted molar refractivity (Wildman–Crippen MR) is 156 cm³/mol. The molecule has 10 heteroatoms. The molecule has 0 saturated heterocycles. The van der Waals surface area contributed by atoms with Crippen LogP contribution in [0.25, 0.3) is 10.9 Å². The van der Waals surface area contributed by atoms with Crippen molar-refractivity contribution in [2.24, 2.45) is 5.73 Å². The van der Waals surface area contributed by atoms with E-state index in [9.17, 15) is 14.4 Å². The number of nitrogens with two attached hydrogens (primary N) is 1. The van der Waals surface area contributed by atoms with Crippen molar-refractivity contribution in [1.29, 1.82) is 0 Å². The first-order chi connectivity index (χ1) is 19.3. The lowest BCUT2D eigenvalue weighted by molar-refractivity contribution is 0.0934. The Kier molecular flexibility index (Phi) is 9.55. The van der Waals surface area contributed by atoms with Crippen LogP contribution in [-0.4, -0.2) is 44.2 Å². The van der Waals surface area contributed by atoms with Gasteiger partial charge in [-0.25, -0.2) is 0 Å². The highest BCUT2D eigenvalue weighted by Crippen LogP contribution is 2.27. The average Bonchev–Trinajstić information content (AvgIpc) is 2.96. The number of aromatic nitrogens is 1. The maximum absolute atomic E-state index is 13.2. The second-order valence-electron chi connectivity index (χ2n) is 9.17. The molecule has 208 valence electrons. The van der Waals surface area contributed by atoms with Gasteiger partial charge in [-0.15, -0.1) is 0 Å². The van der Waals surface area contributed by atoms with Gasteiger partial charge >= 0.3 is 0 Å². The second kappa shape index (κ2) is 13.3. The Labute approximate surface area is 236 Å². The van der Waals surface area contributed by atoms with Crippen molar-refractivity contribution in [2.45, 2.75) is 18.9 Å². The van der Waals surface area contributed by atoms with E-state index in [1.165, 1.54) is 18.2 Å². The molecular formula is C30H31ClN4O5. The Hall–Kier alpha value is -4.18. The minimum atomic E-state index is -0.665. The van der Waals surface area contributed by atoms with E-state index in [1.54, 1.807) is 26.4 Å². The van der Waals surface area contributed by atoms with Gasteiger partial charge < -0.3 is 30.8 Å². The monoisotopic (exact) mass is 562 g/mol. The number of rotatable bonds is 11. The molecule has 9 nitrogen and oxygen atoms in total. The highest BCUT2D eigenvalue weighted by molar-refractivity contribution is 6.34. The van der Waals surface area contributed by atoms with Gasteiger partial charge in [0.1, 0.15) is 11.3 Å². The molecule has 40 heavy (non-hydrogen) atoms. The number of methoxy groups -OCH3 is 2. The number of H-pyrrole nitrogens is 1. The van der Waals surface area contributed by atoms with Crippen LogP contribution in [0.3, 0.4) is 0 Å². The first-order valence-corrected chi connectivity index (χ1v) is 13.1. The molecule has 1 aromatic heterocycles. The summed E-state index contributed by atoms with van der Waals surface area (Å²) >= 11 is 6.35. The molecule has 1 heterocycles. The van der Waals surface area contributed by atoms with E-state index in [4.69, 9.17) is 26.8 Å². The summed E-state index contributed by atoms with van der Waals surface area (Å²) < 4.78 is 10.6. The van der Waals surface area contributed by atoms with Gasteiger partial charge in [-0.2, -0.15) is 0 Å². The predicted octanol–water partition coefficient (Wildman–Crippen LogP) is 4.45. The molecule has 1 atom stereocenters. The summed E-state index contributed by atoms with van der Waals surface area (Å²) in [5.41, 5.74) is 7.92. The fourth-order valence-electron chi connectivity index (χ4n) is 4.42. The fraction of sp³-hybridized carbons (Fsp3) is 0.233. The second-order valence-corrected chi connectivity index (χ2v) is 9.58. The van der Waals surface area contributed by atoms with Crippen molar-refractivity contribution in [3.63, 3.8) is 0 Å². The number of amides is 2. The fourth-order valence-corrected chi connectivity index (χ4v) is 4.58. The zero-order chi connectivity index (χ0) is 28.6. The maximum atomic E-state index is 13.2.